The molecule has 0 atom stereocenters. The highest BCUT2D eigenvalue weighted by Crippen LogP contribution is 2.13. The quantitative estimate of drug-likeness (QED) is 0.693. The molecule has 0 aromatic heterocycles. The number of ether oxygens (including phenoxy) is 1. The molecule has 1 aromatic rings. The predicted molar refractivity (Wildman–Crippen MR) is 77.9 cm³/mol. The van der Waals surface area contributed by atoms with Crippen LogP contribution in [0.5, 0.6) is 5.75 Å². The molecular formula is C16H24O2. The molecule has 0 heterocycles. The Morgan fingerprint density at radius 1 is 1.33 bits per heavy atom. The highest BCUT2D eigenvalue weighted by Gasteiger charge is 1.96. The molecule has 0 bridgehead atoms. The van der Waals surface area contributed by atoms with E-state index in [1.165, 1.54) is 0 Å². The minimum Gasteiger partial charge on any atom is -0.497 e. The maximum absolute atomic E-state index is 11.4. The van der Waals surface area contributed by atoms with Gasteiger partial charge in [-0.15, -0.1) is 0 Å². The van der Waals surface area contributed by atoms with Gasteiger partial charge in [-0.05, 0) is 30.2 Å². The summed E-state index contributed by atoms with van der Waals surface area (Å²) in [7, 11) is 1.63. The first kappa shape index (κ1) is 16.4. The van der Waals surface area contributed by atoms with Gasteiger partial charge in [0.15, 0.2) is 5.78 Å². The Morgan fingerprint density at radius 3 is 2.67 bits per heavy atom. The Labute approximate surface area is 111 Å². The Kier molecular flexibility index (Phi) is 9.65. The number of unbranched alkanes of at least 4 members (excludes halogenated alkanes) is 1. The molecular weight excluding hydrogens is 224 g/mol. The highest BCUT2D eigenvalue weighted by atomic mass is 16.5. The number of benzene rings is 1. The van der Waals surface area contributed by atoms with Crippen molar-refractivity contribution in [3.8, 4) is 5.75 Å². The van der Waals surface area contributed by atoms with Crippen LogP contribution in [0.25, 0.3) is 6.08 Å². The third-order valence-electron chi connectivity index (χ3n) is 2.33. The predicted octanol–water partition coefficient (Wildman–Crippen LogP) is 4.49. The monoisotopic (exact) mass is 248 g/mol. The van der Waals surface area contributed by atoms with E-state index in [9.17, 15) is 4.79 Å². The van der Waals surface area contributed by atoms with Crippen LogP contribution in [0.3, 0.4) is 0 Å². The van der Waals surface area contributed by atoms with Gasteiger partial charge in [-0.1, -0.05) is 45.4 Å². The molecule has 0 aliphatic heterocycles. The summed E-state index contributed by atoms with van der Waals surface area (Å²) in [4.78, 5) is 11.4. The normalized spacial score (nSPS) is 9.78. The van der Waals surface area contributed by atoms with Gasteiger partial charge in [0.25, 0.3) is 0 Å². The largest absolute Gasteiger partial charge is 0.497 e. The molecule has 0 radical (unpaired) electrons. The second kappa shape index (κ2) is 10.6. The first-order valence-electron chi connectivity index (χ1n) is 6.61. The number of ketones is 1. The van der Waals surface area contributed by atoms with E-state index in [4.69, 9.17) is 4.74 Å². The summed E-state index contributed by atoms with van der Waals surface area (Å²) in [5, 5.41) is 0. The lowest BCUT2D eigenvalue weighted by atomic mass is 10.1. The fourth-order valence-electron chi connectivity index (χ4n) is 1.37. The van der Waals surface area contributed by atoms with Gasteiger partial charge >= 0.3 is 0 Å². The number of allylic oxidation sites excluding steroid dienone is 1. The van der Waals surface area contributed by atoms with Crippen LogP contribution in [0, 0.1) is 0 Å². The van der Waals surface area contributed by atoms with Crippen molar-refractivity contribution in [2.24, 2.45) is 0 Å². The number of hydrogen-bond acceptors (Lipinski definition) is 2. The van der Waals surface area contributed by atoms with E-state index >= 15 is 0 Å². The zero-order valence-corrected chi connectivity index (χ0v) is 11.9. The number of rotatable bonds is 6. The maximum atomic E-state index is 11.4. The Balaban J connectivity index is 0.00000137. The smallest absolute Gasteiger partial charge is 0.155 e. The number of carbonyl (C=O) groups excluding carboxylic acids is 1. The van der Waals surface area contributed by atoms with Crippen molar-refractivity contribution in [1.29, 1.82) is 0 Å². The number of methoxy groups -OCH3 is 1. The first-order chi connectivity index (χ1) is 8.76. The van der Waals surface area contributed by atoms with E-state index in [2.05, 4.69) is 6.92 Å². The number of carbonyl (C=O) groups is 1. The molecule has 0 saturated heterocycles. The summed E-state index contributed by atoms with van der Waals surface area (Å²) in [6.45, 7) is 6.08. The third-order valence-corrected chi connectivity index (χ3v) is 2.33. The van der Waals surface area contributed by atoms with Gasteiger partial charge in [0.05, 0.1) is 7.11 Å². The average molecular weight is 248 g/mol. The second-order valence-electron chi connectivity index (χ2n) is 3.68. The van der Waals surface area contributed by atoms with Crippen molar-refractivity contribution in [2.45, 2.75) is 40.0 Å². The molecule has 0 saturated carbocycles. The van der Waals surface area contributed by atoms with E-state index in [0.717, 1.165) is 24.2 Å². The molecule has 0 fully saturated rings. The fourth-order valence-corrected chi connectivity index (χ4v) is 1.37. The Hall–Kier alpha value is -1.57. The van der Waals surface area contributed by atoms with Crippen molar-refractivity contribution in [1.82, 2.24) is 0 Å². The van der Waals surface area contributed by atoms with Crippen LogP contribution >= 0.6 is 0 Å². The van der Waals surface area contributed by atoms with Crippen LogP contribution in [0.1, 0.15) is 45.6 Å². The fraction of sp³-hybridized carbons (Fsp3) is 0.438. The van der Waals surface area contributed by atoms with Gasteiger partial charge in [0.2, 0.25) is 0 Å². The van der Waals surface area contributed by atoms with E-state index in [0.29, 0.717) is 6.42 Å². The molecule has 18 heavy (non-hydrogen) atoms. The van der Waals surface area contributed by atoms with Crippen molar-refractivity contribution in [3.63, 3.8) is 0 Å². The number of hydrogen-bond donors (Lipinski definition) is 0. The van der Waals surface area contributed by atoms with E-state index < -0.39 is 0 Å². The maximum Gasteiger partial charge on any atom is 0.155 e. The molecule has 0 N–H and O–H groups in total. The molecule has 2 heteroatoms. The molecule has 0 unspecified atom stereocenters. The van der Waals surface area contributed by atoms with Crippen LogP contribution in [0.15, 0.2) is 30.3 Å². The summed E-state index contributed by atoms with van der Waals surface area (Å²) in [5.41, 5.74) is 0.990. The standard InChI is InChI=1S/C14H18O2.C2H6/c1-3-4-7-13(15)10-9-12-6-5-8-14(11-12)16-2;1-2/h5-6,8-11H,3-4,7H2,1-2H3;1-2H3/b10-9+;. The molecule has 0 aliphatic rings. The molecule has 1 rings (SSSR count). The van der Waals surface area contributed by atoms with E-state index in [-0.39, 0.29) is 5.78 Å². The third kappa shape index (κ3) is 6.89. The van der Waals surface area contributed by atoms with Crippen molar-refractivity contribution in [3.05, 3.63) is 35.9 Å². The van der Waals surface area contributed by atoms with Gasteiger partial charge in [-0.2, -0.15) is 0 Å². The molecule has 0 spiro atoms. The molecule has 1 aromatic carbocycles. The first-order valence-corrected chi connectivity index (χ1v) is 6.61. The summed E-state index contributed by atoms with van der Waals surface area (Å²) in [6, 6.07) is 7.65. The van der Waals surface area contributed by atoms with Gasteiger partial charge < -0.3 is 4.74 Å². The van der Waals surface area contributed by atoms with Crippen molar-refractivity contribution in [2.75, 3.05) is 7.11 Å². The summed E-state index contributed by atoms with van der Waals surface area (Å²) in [5.74, 6) is 0.993. The molecule has 100 valence electrons. The second-order valence-corrected chi connectivity index (χ2v) is 3.68. The zero-order chi connectivity index (χ0) is 13.8. The minimum absolute atomic E-state index is 0.185. The van der Waals surface area contributed by atoms with Crippen LogP contribution in [0.4, 0.5) is 0 Å². The lowest BCUT2D eigenvalue weighted by molar-refractivity contribution is -0.114. The summed E-state index contributed by atoms with van der Waals surface area (Å²) in [6.07, 6.45) is 6.13. The van der Waals surface area contributed by atoms with Gasteiger partial charge in [0.1, 0.15) is 5.75 Å². The van der Waals surface area contributed by atoms with Crippen LogP contribution < -0.4 is 4.74 Å². The van der Waals surface area contributed by atoms with Gasteiger partial charge in [-0.3, -0.25) is 4.79 Å². The van der Waals surface area contributed by atoms with Crippen LogP contribution in [-0.2, 0) is 4.79 Å². The topological polar surface area (TPSA) is 26.3 Å². The highest BCUT2D eigenvalue weighted by molar-refractivity contribution is 5.93. The SMILES string of the molecule is CC.CCCCC(=O)/C=C/c1cccc(OC)c1. The van der Waals surface area contributed by atoms with E-state index in [1.807, 2.05) is 44.2 Å². The minimum atomic E-state index is 0.185. The van der Waals surface area contributed by atoms with Crippen molar-refractivity contribution < 1.29 is 9.53 Å². The van der Waals surface area contributed by atoms with Crippen LogP contribution in [0.2, 0.25) is 0 Å². The van der Waals surface area contributed by atoms with Crippen molar-refractivity contribution >= 4 is 11.9 Å². The summed E-state index contributed by atoms with van der Waals surface area (Å²) < 4.78 is 5.11. The van der Waals surface area contributed by atoms with Gasteiger partial charge in [0, 0.05) is 6.42 Å². The van der Waals surface area contributed by atoms with Crippen LogP contribution in [-0.4, -0.2) is 12.9 Å². The Bertz CT molecular complexity index is 367. The molecule has 2 nitrogen and oxygen atoms in total. The average Bonchev–Trinajstić information content (AvgIpc) is 2.45. The lowest BCUT2D eigenvalue weighted by Gasteiger charge is -1.99. The zero-order valence-electron chi connectivity index (χ0n) is 11.9. The summed E-state index contributed by atoms with van der Waals surface area (Å²) >= 11 is 0. The molecule has 0 amide bonds. The van der Waals surface area contributed by atoms with Gasteiger partial charge in [-0.25, -0.2) is 0 Å². The Morgan fingerprint density at radius 2 is 2.06 bits per heavy atom. The lowest BCUT2D eigenvalue weighted by Crippen LogP contribution is -1.91. The molecule has 0 aliphatic carbocycles. The van der Waals surface area contributed by atoms with E-state index in [1.54, 1.807) is 13.2 Å².